The fraction of sp³-hybridized carbons (Fsp3) is 0.500. The SMILES string of the molecule is CC(C)(C)OC(=O)C[C@@H](Cn1nnc(-c2ccc(Oc3ncc(C(C)(C)O)cc3F)cc2F)n1)NC(=O)OC(C)(C)C. The van der Waals surface area contributed by atoms with Crippen LogP contribution < -0.4 is 10.1 Å². The largest absolute Gasteiger partial charge is 0.460 e. The summed E-state index contributed by atoms with van der Waals surface area (Å²) in [5.41, 5.74) is -2.58. The highest BCUT2D eigenvalue weighted by Crippen LogP contribution is 2.29. The van der Waals surface area contributed by atoms with Crippen LogP contribution in [0.25, 0.3) is 11.4 Å². The Labute approximate surface area is 242 Å². The number of pyridine rings is 1. The van der Waals surface area contributed by atoms with Gasteiger partial charge in [0, 0.05) is 17.8 Å². The van der Waals surface area contributed by atoms with E-state index >= 15 is 4.39 Å². The number of ether oxygens (including phenoxy) is 3. The highest BCUT2D eigenvalue weighted by molar-refractivity contribution is 5.73. The average Bonchev–Trinajstić information content (AvgIpc) is 3.25. The molecule has 12 nitrogen and oxygen atoms in total. The minimum atomic E-state index is -1.30. The number of hydrogen-bond donors (Lipinski definition) is 2. The summed E-state index contributed by atoms with van der Waals surface area (Å²) < 4.78 is 45.5. The predicted molar refractivity (Wildman–Crippen MR) is 146 cm³/mol. The summed E-state index contributed by atoms with van der Waals surface area (Å²) >= 11 is 0. The summed E-state index contributed by atoms with van der Waals surface area (Å²) in [5.74, 6) is -2.68. The fourth-order valence-corrected chi connectivity index (χ4v) is 3.53. The van der Waals surface area contributed by atoms with Crippen LogP contribution in [0.5, 0.6) is 11.6 Å². The number of tetrazole rings is 1. The van der Waals surface area contributed by atoms with Crippen molar-refractivity contribution >= 4 is 12.1 Å². The van der Waals surface area contributed by atoms with Crippen LogP contribution in [0.2, 0.25) is 0 Å². The quantitative estimate of drug-likeness (QED) is 0.337. The van der Waals surface area contributed by atoms with E-state index in [1.54, 1.807) is 41.5 Å². The van der Waals surface area contributed by atoms with E-state index in [0.717, 1.165) is 16.9 Å². The predicted octanol–water partition coefficient (Wildman–Crippen LogP) is 4.66. The molecule has 14 heteroatoms. The molecule has 0 aliphatic heterocycles. The Morgan fingerprint density at radius 2 is 1.67 bits per heavy atom. The summed E-state index contributed by atoms with van der Waals surface area (Å²) in [4.78, 5) is 29.8. The van der Waals surface area contributed by atoms with Crippen LogP contribution in [0.3, 0.4) is 0 Å². The van der Waals surface area contributed by atoms with Gasteiger partial charge in [0.05, 0.1) is 30.2 Å². The first kappa shape index (κ1) is 32.3. The summed E-state index contributed by atoms with van der Waals surface area (Å²) in [7, 11) is 0. The van der Waals surface area contributed by atoms with E-state index in [4.69, 9.17) is 14.2 Å². The van der Waals surface area contributed by atoms with Gasteiger partial charge in [-0.05, 0) is 78.8 Å². The van der Waals surface area contributed by atoms with Crippen LogP contribution in [-0.4, -0.2) is 59.6 Å². The van der Waals surface area contributed by atoms with Crippen LogP contribution in [0.4, 0.5) is 13.6 Å². The summed E-state index contributed by atoms with van der Waals surface area (Å²) in [5, 5.41) is 24.6. The number of hydrogen-bond acceptors (Lipinski definition) is 10. The standard InChI is InChI=1S/C28H36F2N6O6/c1-26(2,3)41-22(37)12-17(32-25(38)42-27(4,5)6)15-36-34-23(33-35-36)19-10-9-18(13-20(19)29)40-24-21(30)11-16(14-31-24)28(7,8)39/h9-11,13-14,17,39H,12,15H2,1-8H3,(H,32,38)/t17-/m0/s1. The second-order valence-electron chi connectivity index (χ2n) is 12.1. The zero-order valence-electron chi connectivity index (χ0n) is 24.9. The molecule has 0 aliphatic rings. The van der Waals surface area contributed by atoms with Gasteiger partial charge in [-0.15, -0.1) is 10.2 Å². The molecule has 0 fully saturated rings. The molecule has 228 valence electrons. The fourth-order valence-electron chi connectivity index (χ4n) is 3.53. The van der Waals surface area contributed by atoms with Crippen molar-refractivity contribution in [1.29, 1.82) is 0 Å². The third-order valence-corrected chi connectivity index (χ3v) is 5.30. The Morgan fingerprint density at radius 3 is 2.24 bits per heavy atom. The van der Waals surface area contributed by atoms with Gasteiger partial charge in [-0.25, -0.2) is 18.6 Å². The first-order valence-corrected chi connectivity index (χ1v) is 13.1. The van der Waals surface area contributed by atoms with E-state index in [0.29, 0.717) is 0 Å². The maximum atomic E-state index is 15.0. The lowest BCUT2D eigenvalue weighted by molar-refractivity contribution is -0.155. The monoisotopic (exact) mass is 590 g/mol. The van der Waals surface area contributed by atoms with E-state index in [2.05, 4.69) is 25.7 Å². The number of carbonyl (C=O) groups is 2. The molecule has 0 spiro atoms. The normalized spacial score (nSPS) is 12.9. The zero-order valence-corrected chi connectivity index (χ0v) is 24.9. The Hall–Kier alpha value is -4.20. The molecule has 0 saturated heterocycles. The maximum Gasteiger partial charge on any atom is 0.407 e. The average molecular weight is 591 g/mol. The number of halogens is 2. The number of nitrogens with zero attached hydrogens (tertiary/aromatic N) is 5. The number of aromatic nitrogens is 5. The van der Waals surface area contributed by atoms with Crippen molar-refractivity contribution in [2.45, 2.75) is 91.2 Å². The van der Waals surface area contributed by atoms with Gasteiger partial charge in [0.15, 0.2) is 5.82 Å². The second kappa shape index (κ2) is 12.3. The zero-order chi connectivity index (χ0) is 31.5. The molecular formula is C28H36F2N6O6. The van der Waals surface area contributed by atoms with Crippen LogP contribution in [0.15, 0.2) is 30.5 Å². The highest BCUT2D eigenvalue weighted by Gasteiger charge is 2.26. The molecule has 42 heavy (non-hydrogen) atoms. The van der Waals surface area contributed by atoms with Crippen molar-refractivity contribution in [1.82, 2.24) is 30.5 Å². The van der Waals surface area contributed by atoms with Crippen molar-refractivity contribution in [2.75, 3.05) is 0 Å². The first-order valence-electron chi connectivity index (χ1n) is 13.1. The minimum Gasteiger partial charge on any atom is -0.460 e. The number of benzene rings is 1. The molecule has 2 heterocycles. The molecule has 3 rings (SSSR count). The van der Waals surface area contributed by atoms with Gasteiger partial charge in [-0.2, -0.15) is 4.80 Å². The maximum absolute atomic E-state index is 15.0. The van der Waals surface area contributed by atoms with Gasteiger partial charge in [0.1, 0.15) is 22.8 Å². The number of aliphatic hydroxyl groups is 1. The topological polar surface area (TPSA) is 151 Å². The number of amides is 1. The summed E-state index contributed by atoms with van der Waals surface area (Å²) in [6.45, 7) is 13.1. The van der Waals surface area contributed by atoms with E-state index < -0.39 is 52.4 Å². The molecule has 0 bridgehead atoms. The number of alkyl carbamates (subject to hydrolysis) is 1. The van der Waals surface area contributed by atoms with E-state index in [9.17, 15) is 19.1 Å². The molecule has 1 aromatic carbocycles. The summed E-state index contributed by atoms with van der Waals surface area (Å²) in [6, 6.07) is 3.97. The third kappa shape index (κ3) is 9.72. The molecule has 1 atom stereocenters. The number of rotatable bonds is 9. The van der Waals surface area contributed by atoms with E-state index in [1.807, 2.05) is 0 Å². The lowest BCUT2D eigenvalue weighted by Crippen LogP contribution is -2.43. The first-order chi connectivity index (χ1) is 19.3. The highest BCUT2D eigenvalue weighted by atomic mass is 19.1. The lowest BCUT2D eigenvalue weighted by Gasteiger charge is -2.24. The number of nitrogens with one attached hydrogen (secondary N) is 1. The van der Waals surface area contributed by atoms with Crippen molar-refractivity contribution in [2.24, 2.45) is 0 Å². The van der Waals surface area contributed by atoms with Crippen molar-refractivity contribution in [3.05, 3.63) is 47.7 Å². The van der Waals surface area contributed by atoms with Gasteiger partial charge >= 0.3 is 12.1 Å². The van der Waals surface area contributed by atoms with Crippen LogP contribution in [-0.2, 0) is 26.4 Å². The Bertz CT molecular complexity index is 1400. The van der Waals surface area contributed by atoms with Gasteiger partial charge in [-0.3, -0.25) is 4.79 Å². The molecular weight excluding hydrogens is 554 g/mol. The van der Waals surface area contributed by atoms with Gasteiger partial charge in [0.2, 0.25) is 5.82 Å². The molecule has 0 radical (unpaired) electrons. The molecule has 0 unspecified atom stereocenters. The smallest absolute Gasteiger partial charge is 0.407 e. The van der Waals surface area contributed by atoms with Gasteiger partial charge < -0.3 is 24.6 Å². The minimum absolute atomic E-state index is 0.0248. The van der Waals surface area contributed by atoms with Crippen molar-refractivity contribution in [3.8, 4) is 23.0 Å². The van der Waals surface area contributed by atoms with Gasteiger partial charge in [0.25, 0.3) is 5.88 Å². The molecule has 2 N–H and O–H groups in total. The van der Waals surface area contributed by atoms with Crippen LogP contribution in [0.1, 0.15) is 67.4 Å². The van der Waals surface area contributed by atoms with Crippen LogP contribution in [0, 0.1) is 11.6 Å². The van der Waals surface area contributed by atoms with Crippen molar-refractivity contribution in [3.63, 3.8) is 0 Å². The summed E-state index contributed by atoms with van der Waals surface area (Å²) in [6.07, 6.45) is 0.299. The Morgan fingerprint density at radius 1 is 1.00 bits per heavy atom. The van der Waals surface area contributed by atoms with Gasteiger partial charge in [-0.1, -0.05) is 0 Å². The lowest BCUT2D eigenvalue weighted by atomic mass is 10.0. The Kier molecular flexibility index (Phi) is 9.50. The molecule has 1 amide bonds. The van der Waals surface area contributed by atoms with E-state index in [-0.39, 0.29) is 35.7 Å². The van der Waals surface area contributed by atoms with Crippen LogP contribution >= 0.6 is 0 Å². The molecule has 3 aromatic rings. The molecule has 0 saturated carbocycles. The number of esters is 1. The Balaban J connectivity index is 1.75. The third-order valence-electron chi connectivity index (χ3n) is 5.30. The molecule has 2 aromatic heterocycles. The number of carbonyl (C=O) groups excluding carboxylic acids is 2. The van der Waals surface area contributed by atoms with Crippen molar-refractivity contribution < 1.29 is 37.7 Å². The second-order valence-corrected chi connectivity index (χ2v) is 12.1. The molecule has 0 aliphatic carbocycles. The van der Waals surface area contributed by atoms with E-state index in [1.165, 1.54) is 32.2 Å².